The fraction of sp³-hybridized carbons (Fsp3) is 0.0800. The zero-order chi connectivity index (χ0) is 22.9. The van der Waals surface area contributed by atoms with Gasteiger partial charge in [-0.05, 0) is 42.0 Å². The van der Waals surface area contributed by atoms with E-state index in [9.17, 15) is 14.4 Å². The fourth-order valence-electron chi connectivity index (χ4n) is 3.86. The van der Waals surface area contributed by atoms with Crippen LogP contribution in [0.4, 0.5) is 4.79 Å². The van der Waals surface area contributed by atoms with E-state index in [-0.39, 0.29) is 12.1 Å². The lowest BCUT2D eigenvalue weighted by atomic mass is 10.1. The first-order chi connectivity index (χ1) is 16.0. The van der Waals surface area contributed by atoms with E-state index in [4.69, 9.17) is 16.0 Å². The number of halogens is 1. The third kappa shape index (κ3) is 4.06. The maximum absolute atomic E-state index is 13.1. The highest BCUT2D eigenvalue weighted by Gasteiger charge is 2.36. The number of hydrogen-bond donors (Lipinski definition) is 1. The Balaban J connectivity index is 1.52. The van der Waals surface area contributed by atoms with Crippen molar-refractivity contribution >= 4 is 46.4 Å². The maximum atomic E-state index is 13.1. The summed E-state index contributed by atoms with van der Waals surface area (Å²) < 4.78 is 7.29. The van der Waals surface area contributed by atoms with Crippen molar-refractivity contribution in [1.82, 2.24) is 14.8 Å². The summed E-state index contributed by atoms with van der Waals surface area (Å²) in [5, 5.41) is 3.79. The number of fused-ring (bicyclic) bond motifs is 1. The highest BCUT2D eigenvalue weighted by molar-refractivity contribution is 6.31. The Kier molecular flexibility index (Phi) is 5.32. The molecule has 0 bridgehead atoms. The van der Waals surface area contributed by atoms with E-state index in [2.05, 4.69) is 5.32 Å². The van der Waals surface area contributed by atoms with Gasteiger partial charge in [0, 0.05) is 34.2 Å². The van der Waals surface area contributed by atoms with Gasteiger partial charge >= 0.3 is 6.03 Å². The minimum Gasteiger partial charge on any atom is -0.467 e. The molecule has 1 saturated heterocycles. The summed E-state index contributed by atoms with van der Waals surface area (Å²) in [5.74, 6) is -0.961. The van der Waals surface area contributed by atoms with Gasteiger partial charge in [0.25, 0.3) is 11.8 Å². The molecule has 0 radical (unpaired) electrons. The molecule has 1 N–H and O–H groups in total. The standard InChI is InChI=1S/C25H18ClN3O4/c26-18-9-7-16(8-10-18)13-28-14-17(20-5-1-2-6-22(20)28)12-21-23(30)27-25(32)29(24(21)31)15-19-4-3-11-33-19/h1-12,14H,13,15H2,(H,27,30,32). The molecule has 1 fully saturated rings. The molecule has 164 valence electrons. The largest absolute Gasteiger partial charge is 0.467 e. The van der Waals surface area contributed by atoms with Gasteiger partial charge in [-0.25, -0.2) is 4.79 Å². The summed E-state index contributed by atoms with van der Waals surface area (Å²) in [6.45, 7) is 0.519. The number of imide groups is 2. The minimum atomic E-state index is -0.774. The number of para-hydroxylation sites is 1. The molecule has 4 aromatic rings. The van der Waals surface area contributed by atoms with Crippen molar-refractivity contribution in [2.24, 2.45) is 0 Å². The van der Waals surface area contributed by atoms with Crippen molar-refractivity contribution < 1.29 is 18.8 Å². The normalized spacial score (nSPS) is 15.5. The van der Waals surface area contributed by atoms with E-state index >= 15 is 0 Å². The molecule has 2 aromatic heterocycles. The van der Waals surface area contributed by atoms with Gasteiger partial charge < -0.3 is 8.98 Å². The van der Waals surface area contributed by atoms with Crippen LogP contribution in [0.25, 0.3) is 17.0 Å². The molecule has 4 amide bonds. The van der Waals surface area contributed by atoms with E-state index in [0.717, 1.165) is 21.4 Å². The molecule has 0 saturated carbocycles. The number of urea groups is 1. The molecule has 2 aromatic carbocycles. The number of rotatable bonds is 5. The van der Waals surface area contributed by atoms with Crippen LogP contribution in [-0.4, -0.2) is 27.3 Å². The van der Waals surface area contributed by atoms with Crippen LogP contribution in [0.15, 0.2) is 83.1 Å². The van der Waals surface area contributed by atoms with Gasteiger partial charge in [-0.1, -0.05) is 41.9 Å². The van der Waals surface area contributed by atoms with Gasteiger partial charge in [0.2, 0.25) is 0 Å². The molecule has 1 aliphatic rings. The molecular weight excluding hydrogens is 442 g/mol. The zero-order valence-corrected chi connectivity index (χ0v) is 18.1. The molecule has 7 nitrogen and oxygen atoms in total. The molecule has 5 rings (SSSR count). The lowest BCUT2D eigenvalue weighted by molar-refractivity contribution is -0.130. The Bertz CT molecular complexity index is 1400. The van der Waals surface area contributed by atoms with E-state index in [0.29, 0.717) is 22.9 Å². The van der Waals surface area contributed by atoms with Gasteiger partial charge in [0.15, 0.2) is 0 Å². The first kappa shape index (κ1) is 20.8. The number of nitrogens with zero attached hydrogens (tertiary/aromatic N) is 2. The highest BCUT2D eigenvalue weighted by atomic mass is 35.5. The molecule has 0 unspecified atom stereocenters. The second-order valence-electron chi connectivity index (χ2n) is 7.64. The summed E-state index contributed by atoms with van der Waals surface area (Å²) in [7, 11) is 0. The van der Waals surface area contributed by atoms with Crippen LogP contribution in [0.5, 0.6) is 0 Å². The van der Waals surface area contributed by atoms with Crippen LogP contribution in [0.1, 0.15) is 16.9 Å². The lowest BCUT2D eigenvalue weighted by Gasteiger charge is -2.25. The maximum Gasteiger partial charge on any atom is 0.331 e. The molecular formula is C25H18ClN3O4. The molecule has 3 heterocycles. The number of nitrogens with one attached hydrogen (secondary N) is 1. The minimum absolute atomic E-state index is 0.0688. The van der Waals surface area contributed by atoms with Crippen LogP contribution < -0.4 is 5.32 Å². The summed E-state index contributed by atoms with van der Waals surface area (Å²) in [5.41, 5.74) is 2.59. The third-order valence-corrected chi connectivity index (χ3v) is 5.72. The molecule has 0 atom stereocenters. The second kappa shape index (κ2) is 8.44. The van der Waals surface area contributed by atoms with E-state index in [1.54, 1.807) is 12.1 Å². The average Bonchev–Trinajstić information content (AvgIpc) is 3.44. The number of carbonyl (C=O) groups excluding carboxylic acids is 3. The van der Waals surface area contributed by atoms with E-state index in [1.165, 1.54) is 12.3 Å². The van der Waals surface area contributed by atoms with Crippen molar-refractivity contribution in [3.05, 3.63) is 101 Å². The SMILES string of the molecule is O=C1NC(=O)N(Cc2ccco2)C(=O)C1=Cc1cn(Cc2ccc(Cl)cc2)c2ccccc12. The molecule has 0 aliphatic carbocycles. The van der Waals surface area contributed by atoms with Crippen molar-refractivity contribution in [1.29, 1.82) is 0 Å². The van der Waals surface area contributed by atoms with Crippen LogP contribution >= 0.6 is 11.6 Å². The highest BCUT2D eigenvalue weighted by Crippen LogP contribution is 2.26. The van der Waals surface area contributed by atoms with Gasteiger partial charge in [0.1, 0.15) is 11.3 Å². The quantitative estimate of drug-likeness (QED) is 0.349. The Morgan fingerprint density at radius 2 is 1.73 bits per heavy atom. The van der Waals surface area contributed by atoms with Crippen molar-refractivity contribution in [2.45, 2.75) is 13.1 Å². The summed E-state index contributed by atoms with van der Waals surface area (Å²) in [6, 6.07) is 17.8. The average molecular weight is 460 g/mol. The molecule has 33 heavy (non-hydrogen) atoms. The van der Waals surface area contributed by atoms with Crippen molar-refractivity contribution in [3.63, 3.8) is 0 Å². The van der Waals surface area contributed by atoms with Crippen LogP contribution in [0, 0.1) is 0 Å². The molecule has 1 aliphatic heterocycles. The smallest absolute Gasteiger partial charge is 0.331 e. The van der Waals surface area contributed by atoms with Crippen LogP contribution in [0.2, 0.25) is 5.02 Å². The van der Waals surface area contributed by atoms with E-state index in [1.807, 2.05) is 59.3 Å². The summed E-state index contributed by atoms with van der Waals surface area (Å²) in [6.07, 6.45) is 4.87. The number of carbonyl (C=O) groups is 3. The van der Waals surface area contributed by atoms with Crippen LogP contribution in [-0.2, 0) is 22.7 Å². The predicted molar refractivity (Wildman–Crippen MR) is 123 cm³/mol. The summed E-state index contributed by atoms with van der Waals surface area (Å²) >= 11 is 6.00. The number of furan rings is 1. The van der Waals surface area contributed by atoms with Crippen LogP contribution in [0.3, 0.4) is 0 Å². The Morgan fingerprint density at radius 3 is 2.48 bits per heavy atom. The van der Waals surface area contributed by atoms with Gasteiger partial charge in [-0.2, -0.15) is 0 Å². The molecule has 8 heteroatoms. The van der Waals surface area contributed by atoms with Crippen molar-refractivity contribution in [3.8, 4) is 0 Å². The number of aromatic nitrogens is 1. The van der Waals surface area contributed by atoms with Crippen molar-refractivity contribution in [2.75, 3.05) is 0 Å². The molecule has 0 spiro atoms. The zero-order valence-electron chi connectivity index (χ0n) is 17.3. The Hall–Kier alpha value is -4.10. The topological polar surface area (TPSA) is 84.6 Å². The third-order valence-electron chi connectivity index (χ3n) is 5.47. The number of benzene rings is 2. The van der Waals surface area contributed by atoms with Gasteiger partial charge in [-0.15, -0.1) is 0 Å². The first-order valence-electron chi connectivity index (χ1n) is 10.2. The van der Waals surface area contributed by atoms with Gasteiger partial charge in [0.05, 0.1) is 12.8 Å². The lowest BCUT2D eigenvalue weighted by Crippen LogP contribution is -2.53. The van der Waals surface area contributed by atoms with Gasteiger partial charge in [-0.3, -0.25) is 19.8 Å². The van der Waals surface area contributed by atoms with E-state index < -0.39 is 17.8 Å². The Labute approximate surface area is 193 Å². The second-order valence-corrected chi connectivity index (χ2v) is 8.08. The Morgan fingerprint density at radius 1 is 0.939 bits per heavy atom. The number of hydrogen-bond acceptors (Lipinski definition) is 4. The number of barbiturate groups is 1. The number of amides is 4. The monoisotopic (exact) mass is 459 g/mol. The summed E-state index contributed by atoms with van der Waals surface area (Å²) in [4.78, 5) is 38.8. The fourth-order valence-corrected chi connectivity index (χ4v) is 3.98. The first-order valence-corrected chi connectivity index (χ1v) is 10.6. The predicted octanol–water partition coefficient (Wildman–Crippen LogP) is 4.60.